The van der Waals surface area contributed by atoms with Gasteiger partial charge in [0.05, 0.1) is 11.6 Å². The highest BCUT2D eigenvalue weighted by molar-refractivity contribution is 9.10. The van der Waals surface area contributed by atoms with E-state index < -0.39 is 5.82 Å². The Morgan fingerprint density at radius 1 is 1.42 bits per heavy atom. The molecule has 8 heteroatoms. The van der Waals surface area contributed by atoms with Gasteiger partial charge in [0.1, 0.15) is 5.82 Å². The molecule has 0 unspecified atom stereocenters. The quantitative estimate of drug-likeness (QED) is 0.590. The van der Waals surface area contributed by atoms with Gasteiger partial charge in [0, 0.05) is 18.0 Å². The molecule has 0 bridgehead atoms. The lowest BCUT2D eigenvalue weighted by atomic mass is 10.3. The molecule has 0 amide bonds. The van der Waals surface area contributed by atoms with Crippen LogP contribution in [-0.4, -0.2) is 17.1 Å². The molecule has 4 N–H and O–H groups in total. The number of aromatic nitrogens is 2. The summed E-state index contributed by atoms with van der Waals surface area (Å²) in [6.07, 6.45) is 1.53. The highest BCUT2D eigenvalue weighted by atomic mass is 79.9. The maximum atomic E-state index is 13.6. The molecule has 0 atom stereocenters. The minimum Gasteiger partial charge on any atom is -0.494 e. The molecule has 0 radical (unpaired) electrons. The molecule has 0 saturated carbocycles. The number of halogens is 2. The van der Waals surface area contributed by atoms with E-state index in [0.717, 1.165) is 0 Å². The van der Waals surface area contributed by atoms with Crippen LogP contribution in [0, 0.1) is 5.82 Å². The van der Waals surface area contributed by atoms with Crippen LogP contribution >= 0.6 is 15.9 Å². The number of anilines is 3. The summed E-state index contributed by atoms with van der Waals surface area (Å²) in [5.74, 6) is 5.66. The standard InChI is InChI=1S/C11H11BrFN5O/c1-19-9-3-2-6(4-8(9)13)16-10-7(12)5-15-11(17-10)18-14/h2-5H,14H2,1H3,(H2,15,16,17,18). The Bertz CT molecular complexity index is 595. The van der Waals surface area contributed by atoms with Crippen LogP contribution in [0.3, 0.4) is 0 Å². The fourth-order valence-electron chi connectivity index (χ4n) is 1.41. The SMILES string of the molecule is COc1ccc(Nc2nc(NN)ncc2Br)cc1F. The number of benzene rings is 1. The van der Waals surface area contributed by atoms with E-state index in [0.29, 0.717) is 16.0 Å². The molecule has 0 saturated heterocycles. The second kappa shape index (κ2) is 5.81. The fourth-order valence-corrected chi connectivity index (χ4v) is 1.70. The van der Waals surface area contributed by atoms with E-state index in [-0.39, 0.29) is 11.7 Å². The Morgan fingerprint density at radius 2 is 2.21 bits per heavy atom. The van der Waals surface area contributed by atoms with Crippen molar-refractivity contribution >= 4 is 33.4 Å². The number of nitrogens with one attached hydrogen (secondary N) is 2. The second-order valence-corrected chi connectivity index (χ2v) is 4.36. The summed E-state index contributed by atoms with van der Waals surface area (Å²) in [4.78, 5) is 8.02. The topological polar surface area (TPSA) is 85.1 Å². The number of ether oxygens (including phenoxy) is 1. The molecule has 6 nitrogen and oxygen atoms in total. The van der Waals surface area contributed by atoms with Crippen LogP contribution < -0.4 is 21.3 Å². The van der Waals surface area contributed by atoms with Gasteiger partial charge in [-0.15, -0.1) is 0 Å². The third kappa shape index (κ3) is 3.09. The number of nitrogens with zero attached hydrogens (tertiary/aromatic N) is 2. The Hall–Kier alpha value is -1.93. The number of hydrogen-bond donors (Lipinski definition) is 3. The van der Waals surface area contributed by atoms with Gasteiger partial charge in [0.25, 0.3) is 0 Å². The minimum absolute atomic E-state index is 0.177. The van der Waals surface area contributed by atoms with E-state index in [9.17, 15) is 4.39 Å². The zero-order valence-electron chi connectivity index (χ0n) is 9.95. The maximum Gasteiger partial charge on any atom is 0.239 e. The molecule has 2 rings (SSSR count). The summed E-state index contributed by atoms with van der Waals surface area (Å²) in [7, 11) is 1.41. The van der Waals surface area contributed by atoms with Crippen molar-refractivity contribution in [3.63, 3.8) is 0 Å². The molecule has 0 spiro atoms. The first-order valence-corrected chi connectivity index (χ1v) is 6.03. The predicted molar refractivity (Wildman–Crippen MR) is 73.8 cm³/mol. The largest absolute Gasteiger partial charge is 0.494 e. The average molecular weight is 328 g/mol. The number of nitrogens with two attached hydrogens (primary N) is 1. The Morgan fingerprint density at radius 3 is 2.84 bits per heavy atom. The molecule has 1 aromatic heterocycles. The first kappa shape index (κ1) is 13.5. The average Bonchev–Trinajstić information content (AvgIpc) is 2.41. The van der Waals surface area contributed by atoms with Crippen LogP contribution in [0.25, 0.3) is 0 Å². The zero-order valence-corrected chi connectivity index (χ0v) is 11.5. The van der Waals surface area contributed by atoms with Crippen LogP contribution in [0.4, 0.5) is 21.8 Å². The van der Waals surface area contributed by atoms with Crippen LogP contribution in [-0.2, 0) is 0 Å². The lowest BCUT2D eigenvalue weighted by molar-refractivity contribution is 0.386. The Kier molecular flexibility index (Phi) is 4.13. The third-order valence-corrected chi connectivity index (χ3v) is 2.87. The third-order valence-electron chi connectivity index (χ3n) is 2.29. The number of nitrogen functional groups attached to an aromatic ring is 1. The summed E-state index contributed by atoms with van der Waals surface area (Å²) in [6.45, 7) is 0. The molecule has 0 fully saturated rings. The number of rotatable bonds is 4. The van der Waals surface area contributed by atoms with E-state index in [1.54, 1.807) is 6.07 Å². The van der Waals surface area contributed by atoms with Gasteiger partial charge in [0.2, 0.25) is 5.95 Å². The zero-order chi connectivity index (χ0) is 13.8. The normalized spacial score (nSPS) is 10.1. The van der Waals surface area contributed by atoms with E-state index in [1.807, 2.05) is 0 Å². The van der Waals surface area contributed by atoms with Gasteiger partial charge in [0.15, 0.2) is 11.6 Å². The van der Waals surface area contributed by atoms with E-state index >= 15 is 0 Å². The first-order chi connectivity index (χ1) is 9.13. The number of methoxy groups -OCH3 is 1. The van der Waals surface area contributed by atoms with Crippen molar-refractivity contribution in [1.82, 2.24) is 9.97 Å². The molecule has 0 aliphatic heterocycles. The second-order valence-electron chi connectivity index (χ2n) is 3.51. The van der Waals surface area contributed by atoms with Crippen molar-refractivity contribution in [2.75, 3.05) is 17.9 Å². The molecule has 100 valence electrons. The van der Waals surface area contributed by atoms with Gasteiger partial charge in [-0.1, -0.05) is 0 Å². The monoisotopic (exact) mass is 327 g/mol. The molecule has 2 aromatic rings. The van der Waals surface area contributed by atoms with Crippen LogP contribution in [0.5, 0.6) is 5.75 Å². The van der Waals surface area contributed by atoms with Gasteiger partial charge in [-0.25, -0.2) is 15.2 Å². The van der Waals surface area contributed by atoms with Gasteiger partial charge in [-0.3, -0.25) is 5.43 Å². The maximum absolute atomic E-state index is 13.6. The van der Waals surface area contributed by atoms with Crippen molar-refractivity contribution in [1.29, 1.82) is 0 Å². The van der Waals surface area contributed by atoms with Crippen LogP contribution in [0.15, 0.2) is 28.9 Å². The molecule has 19 heavy (non-hydrogen) atoms. The van der Waals surface area contributed by atoms with Gasteiger partial charge in [-0.2, -0.15) is 4.98 Å². The van der Waals surface area contributed by atoms with E-state index in [2.05, 4.69) is 36.6 Å². The Labute approximate surface area is 117 Å². The summed E-state index contributed by atoms with van der Waals surface area (Å²) in [6, 6.07) is 4.50. The fraction of sp³-hybridized carbons (Fsp3) is 0.0909. The Balaban J connectivity index is 2.28. The van der Waals surface area contributed by atoms with Crippen molar-refractivity contribution in [2.45, 2.75) is 0 Å². The van der Waals surface area contributed by atoms with Crippen molar-refractivity contribution in [2.24, 2.45) is 5.84 Å². The highest BCUT2D eigenvalue weighted by Gasteiger charge is 2.07. The molecular weight excluding hydrogens is 317 g/mol. The van der Waals surface area contributed by atoms with Crippen molar-refractivity contribution in [3.05, 3.63) is 34.7 Å². The van der Waals surface area contributed by atoms with Crippen molar-refractivity contribution in [3.8, 4) is 5.75 Å². The molecule has 0 aliphatic rings. The first-order valence-electron chi connectivity index (χ1n) is 5.23. The number of hydrogen-bond acceptors (Lipinski definition) is 6. The molecule has 1 heterocycles. The molecule has 0 aliphatic carbocycles. The molecule has 1 aromatic carbocycles. The van der Waals surface area contributed by atoms with Crippen molar-refractivity contribution < 1.29 is 9.13 Å². The van der Waals surface area contributed by atoms with E-state index in [1.165, 1.54) is 25.4 Å². The smallest absolute Gasteiger partial charge is 0.239 e. The minimum atomic E-state index is -0.463. The summed E-state index contributed by atoms with van der Waals surface area (Å²) >= 11 is 3.29. The van der Waals surface area contributed by atoms with Gasteiger partial charge < -0.3 is 10.1 Å². The number of hydrazine groups is 1. The molecular formula is C11H11BrFN5O. The van der Waals surface area contributed by atoms with E-state index in [4.69, 9.17) is 10.6 Å². The lowest BCUT2D eigenvalue weighted by Gasteiger charge is -2.10. The summed E-state index contributed by atoms with van der Waals surface area (Å²) in [5.41, 5.74) is 2.86. The van der Waals surface area contributed by atoms with Crippen LogP contribution in [0.2, 0.25) is 0 Å². The lowest BCUT2D eigenvalue weighted by Crippen LogP contribution is -2.11. The predicted octanol–water partition coefficient (Wildman–Crippen LogP) is 2.42. The highest BCUT2D eigenvalue weighted by Crippen LogP contribution is 2.26. The van der Waals surface area contributed by atoms with Crippen LogP contribution in [0.1, 0.15) is 0 Å². The van der Waals surface area contributed by atoms with Gasteiger partial charge in [-0.05, 0) is 28.1 Å². The summed E-state index contributed by atoms with van der Waals surface area (Å²) in [5, 5.41) is 2.95. The summed E-state index contributed by atoms with van der Waals surface area (Å²) < 4.78 is 19.0. The van der Waals surface area contributed by atoms with Gasteiger partial charge >= 0.3 is 0 Å².